The number of pyridine rings is 1. The van der Waals surface area contributed by atoms with Crippen molar-refractivity contribution in [2.75, 3.05) is 26.6 Å². The largest absolute Gasteiger partial charge is 0.497 e. The van der Waals surface area contributed by atoms with Gasteiger partial charge in [-0.2, -0.15) is 0 Å². The van der Waals surface area contributed by atoms with E-state index in [0.29, 0.717) is 39.7 Å². The average molecular weight is 518 g/mol. The number of benzene rings is 3. The summed E-state index contributed by atoms with van der Waals surface area (Å²) in [4.78, 5) is 30.1. The Labute approximate surface area is 219 Å². The van der Waals surface area contributed by atoms with Crippen LogP contribution in [-0.4, -0.2) is 42.3 Å². The molecule has 0 spiro atoms. The molecular formula is C28H27N3O5S. The van der Waals surface area contributed by atoms with Crippen LogP contribution in [0.4, 0.5) is 5.69 Å². The minimum Gasteiger partial charge on any atom is -0.497 e. The number of anilines is 1. The summed E-state index contributed by atoms with van der Waals surface area (Å²) < 4.78 is 15.4. The molecular weight excluding hydrogens is 490 g/mol. The topological polar surface area (TPSA) is 92.9 Å². The number of rotatable bonds is 8. The van der Waals surface area contributed by atoms with E-state index in [1.165, 1.54) is 7.11 Å². The number of aromatic amines is 1. The number of methoxy groups -OCH3 is 3. The predicted molar refractivity (Wildman–Crippen MR) is 147 cm³/mol. The number of nitrogens with zero attached hydrogens (tertiary/aromatic N) is 1. The molecule has 0 unspecified atom stereocenters. The van der Waals surface area contributed by atoms with E-state index < -0.39 is 5.97 Å². The number of para-hydroxylation sites is 1. The van der Waals surface area contributed by atoms with Crippen molar-refractivity contribution in [3.8, 4) is 11.5 Å². The molecule has 0 aliphatic carbocycles. The lowest BCUT2D eigenvalue weighted by Crippen LogP contribution is -2.36. The van der Waals surface area contributed by atoms with Crippen LogP contribution >= 0.6 is 12.2 Å². The van der Waals surface area contributed by atoms with Gasteiger partial charge in [-0.25, -0.2) is 4.79 Å². The van der Waals surface area contributed by atoms with E-state index >= 15 is 0 Å². The van der Waals surface area contributed by atoms with Gasteiger partial charge in [-0.15, -0.1) is 0 Å². The van der Waals surface area contributed by atoms with E-state index in [2.05, 4.69) is 10.3 Å². The van der Waals surface area contributed by atoms with Crippen LogP contribution in [0.3, 0.4) is 0 Å². The maximum Gasteiger partial charge on any atom is 0.339 e. The smallest absolute Gasteiger partial charge is 0.339 e. The molecule has 0 bridgehead atoms. The molecule has 37 heavy (non-hydrogen) atoms. The second kappa shape index (κ2) is 11.6. The molecule has 0 radical (unpaired) electrons. The molecule has 1 heterocycles. The van der Waals surface area contributed by atoms with E-state index in [9.17, 15) is 9.59 Å². The molecule has 190 valence electrons. The number of hydrogen-bond acceptors (Lipinski definition) is 6. The highest BCUT2D eigenvalue weighted by atomic mass is 32.1. The molecule has 3 aromatic carbocycles. The number of H-pyrrole nitrogens is 1. The molecule has 0 aliphatic heterocycles. The number of carbonyl (C=O) groups is 1. The van der Waals surface area contributed by atoms with Gasteiger partial charge >= 0.3 is 5.97 Å². The second-order valence-electron chi connectivity index (χ2n) is 8.25. The van der Waals surface area contributed by atoms with E-state index in [0.717, 1.165) is 16.7 Å². The molecule has 8 nitrogen and oxygen atoms in total. The predicted octanol–water partition coefficient (Wildman–Crippen LogP) is 4.73. The van der Waals surface area contributed by atoms with Gasteiger partial charge in [0.05, 0.1) is 44.6 Å². The highest BCUT2D eigenvalue weighted by Gasteiger charge is 2.18. The van der Waals surface area contributed by atoms with E-state index in [4.69, 9.17) is 26.4 Å². The van der Waals surface area contributed by atoms with Crippen LogP contribution < -0.4 is 20.3 Å². The Morgan fingerprint density at radius 2 is 1.62 bits per heavy atom. The number of fused-ring (bicyclic) bond motifs is 1. The van der Waals surface area contributed by atoms with Crippen molar-refractivity contribution in [1.29, 1.82) is 0 Å². The number of carbonyl (C=O) groups excluding carboxylic acids is 1. The van der Waals surface area contributed by atoms with Crippen LogP contribution in [0.25, 0.3) is 10.9 Å². The summed E-state index contributed by atoms with van der Waals surface area (Å²) in [5.74, 6) is 0.921. The Kier molecular flexibility index (Phi) is 8.05. The Morgan fingerprint density at radius 3 is 2.32 bits per heavy atom. The van der Waals surface area contributed by atoms with Crippen molar-refractivity contribution >= 4 is 39.9 Å². The SMILES string of the molecule is COC(=O)c1ccccc1NC(=S)N(Cc1ccc(OC)cc1)Cc1cc2ccc(OC)cc2[nH]c1=O. The van der Waals surface area contributed by atoms with Crippen LogP contribution in [0.5, 0.6) is 11.5 Å². The molecule has 0 fully saturated rings. The standard InChI is InChI=1S/C28H27N3O5S/c1-34-21-11-8-18(9-12-21)16-31(28(37)30-24-7-5-4-6-23(24)27(33)36-3)17-20-14-19-10-13-22(35-2)15-25(19)29-26(20)32/h4-15H,16-17H2,1-3H3,(H,29,32)(H,30,37). The fourth-order valence-corrected chi connectivity index (χ4v) is 4.14. The van der Waals surface area contributed by atoms with E-state index in [1.54, 1.807) is 44.6 Å². The minimum absolute atomic E-state index is 0.224. The van der Waals surface area contributed by atoms with Crippen molar-refractivity contribution in [3.05, 3.63) is 99.8 Å². The second-order valence-corrected chi connectivity index (χ2v) is 8.64. The van der Waals surface area contributed by atoms with Gasteiger partial charge in [0, 0.05) is 18.2 Å². The average Bonchev–Trinajstić information content (AvgIpc) is 2.92. The number of ether oxygens (including phenoxy) is 3. The molecule has 1 aromatic heterocycles. The van der Waals surface area contributed by atoms with Crippen LogP contribution in [0.15, 0.2) is 77.6 Å². The lowest BCUT2D eigenvalue weighted by atomic mass is 10.1. The fourth-order valence-electron chi connectivity index (χ4n) is 3.90. The van der Waals surface area contributed by atoms with Gasteiger partial charge in [0.2, 0.25) is 0 Å². The van der Waals surface area contributed by atoms with Crippen molar-refractivity contribution < 1.29 is 19.0 Å². The van der Waals surface area contributed by atoms with Crippen LogP contribution in [-0.2, 0) is 17.8 Å². The third-order valence-electron chi connectivity index (χ3n) is 5.88. The highest BCUT2D eigenvalue weighted by Crippen LogP contribution is 2.21. The van der Waals surface area contributed by atoms with Crippen molar-refractivity contribution in [2.45, 2.75) is 13.1 Å². The molecule has 2 N–H and O–H groups in total. The van der Waals surface area contributed by atoms with Gasteiger partial charge in [0.1, 0.15) is 11.5 Å². The summed E-state index contributed by atoms with van der Waals surface area (Å²) in [7, 11) is 4.52. The quantitative estimate of drug-likeness (QED) is 0.256. The van der Waals surface area contributed by atoms with Gasteiger partial charge < -0.3 is 29.4 Å². The molecule has 0 saturated heterocycles. The summed E-state index contributed by atoms with van der Waals surface area (Å²) in [6.45, 7) is 0.645. The lowest BCUT2D eigenvalue weighted by molar-refractivity contribution is 0.0602. The highest BCUT2D eigenvalue weighted by molar-refractivity contribution is 7.80. The van der Waals surface area contributed by atoms with E-state index in [-0.39, 0.29) is 12.1 Å². The zero-order chi connectivity index (χ0) is 26.4. The fraction of sp³-hybridized carbons (Fsp3) is 0.179. The zero-order valence-corrected chi connectivity index (χ0v) is 21.6. The van der Waals surface area contributed by atoms with Crippen molar-refractivity contribution in [2.24, 2.45) is 0 Å². The Balaban J connectivity index is 1.67. The molecule has 0 amide bonds. The Hall–Kier alpha value is -4.37. The molecule has 4 rings (SSSR count). The lowest BCUT2D eigenvalue weighted by Gasteiger charge is -2.26. The summed E-state index contributed by atoms with van der Waals surface area (Å²) in [6.07, 6.45) is 0. The normalized spacial score (nSPS) is 10.6. The number of hydrogen-bond donors (Lipinski definition) is 2. The first-order chi connectivity index (χ1) is 17.9. The van der Waals surface area contributed by atoms with Gasteiger partial charge in [-0.05, 0) is 65.6 Å². The number of aromatic nitrogens is 1. The van der Waals surface area contributed by atoms with Gasteiger partial charge in [-0.1, -0.05) is 24.3 Å². The first-order valence-electron chi connectivity index (χ1n) is 11.5. The molecule has 4 aromatic rings. The summed E-state index contributed by atoms with van der Waals surface area (Å²) in [6, 6.07) is 21.9. The summed E-state index contributed by atoms with van der Waals surface area (Å²) in [5, 5.41) is 4.38. The van der Waals surface area contributed by atoms with Crippen LogP contribution in [0, 0.1) is 0 Å². The maximum absolute atomic E-state index is 13.0. The van der Waals surface area contributed by atoms with Gasteiger partial charge in [-0.3, -0.25) is 4.79 Å². The van der Waals surface area contributed by atoms with Crippen LogP contribution in [0.2, 0.25) is 0 Å². The number of nitrogens with one attached hydrogen (secondary N) is 2. The van der Waals surface area contributed by atoms with Gasteiger partial charge in [0.15, 0.2) is 5.11 Å². The molecule has 0 aliphatic rings. The Morgan fingerprint density at radius 1 is 0.919 bits per heavy atom. The number of esters is 1. The van der Waals surface area contributed by atoms with E-state index in [1.807, 2.05) is 47.4 Å². The first kappa shape index (κ1) is 25.7. The maximum atomic E-state index is 13.0. The number of thiocarbonyl (C=S) groups is 1. The third kappa shape index (κ3) is 6.07. The minimum atomic E-state index is -0.478. The van der Waals surface area contributed by atoms with Crippen LogP contribution in [0.1, 0.15) is 21.5 Å². The Bertz CT molecular complexity index is 1480. The summed E-state index contributed by atoms with van der Waals surface area (Å²) >= 11 is 5.77. The first-order valence-corrected chi connectivity index (χ1v) is 11.9. The zero-order valence-electron chi connectivity index (χ0n) is 20.7. The van der Waals surface area contributed by atoms with Crippen molar-refractivity contribution in [3.63, 3.8) is 0 Å². The molecule has 0 atom stereocenters. The van der Waals surface area contributed by atoms with Crippen molar-refractivity contribution in [1.82, 2.24) is 9.88 Å². The monoisotopic (exact) mass is 517 g/mol. The molecule has 9 heteroatoms. The van der Waals surface area contributed by atoms with Gasteiger partial charge in [0.25, 0.3) is 5.56 Å². The molecule has 0 saturated carbocycles. The summed E-state index contributed by atoms with van der Waals surface area (Å²) in [5.41, 5.74) is 2.83. The third-order valence-corrected chi connectivity index (χ3v) is 6.25.